The van der Waals surface area contributed by atoms with Crippen molar-refractivity contribution in [3.63, 3.8) is 0 Å². The summed E-state index contributed by atoms with van der Waals surface area (Å²) >= 11 is 0. The van der Waals surface area contributed by atoms with Gasteiger partial charge in [-0.1, -0.05) is 59.8 Å². The molecule has 27 heavy (non-hydrogen) atoms. The van der Waals surface area contributed by atoms with E-state index < -0.39 is 0 Å². The summed E-state index contributed by atoms with van der Waals surface area (Å²) in [5.74, 6) is -0.0625. The molecular weight excluding hydrogens is 340 g/mol. The van der Waals surface area contributed by atoms with Gasteiger partial charge in [0.25, 0.3) is 5.91 Å². The zero-order valence-electron chi connectivity index (χ0n) is 14.9. The maximum absolute atomic E-state index is 13.0. The second-order valence-electron chi connectivity index (χ2n) is 7.02. The van der Waals surface area contributed by atoms with Gasteiger partial charge in [-0.25, -0.2) is 4.68 Å². The fraction of sp³-hybridized carbons (Fsp3) is 0.286. The van der Waals surface area contributed by atoms with Crippen LogP contribution in [0.1, 0.15) is 39.0 Å². The van der Waals surface area contributed by atoms with Gasteiger partial charge in [-0.15, -0.1) is 5.10 Å². The first-order valence-corrected chi connectivity index (χ1v) is 9.24. The number of aromatic nitrogens is 3. The zero-order chi connectivity index (χ0) is 18.2. The lowest BCUT2D eigenvalue weighted by atomic mass is 9.99. The van der Waals surface area contributed by atoms with Crippen molar-refractivity contribution < 1.29 is 9.53 Å². The van der Waals surface area contributed by atoms with Crippen molar-refractivity contribution in [1.82, 2.24) is 19.9 Å². The normalized spacial score (nSPS) is 18.7. The molecule has 3 aromatic rings. The van der Waals surface area contributed by atoms with Crippen LogP contribution in [0, 0.1) is 0 Å². The number of rotatable bonds is 2. The quantitative estimate of drug-likeness (QED) is 0.705. The van der Waals surface area contributed by atoms with Crippen LogP contribution < -0.4 is 0 Å². The molecule has 1 aromatic heterocycles. The number of carbonyl (C=O) groups excluding carboxylic acids is 1. The van der Waals surface area contributed by atoms with Gasteiger partial charge in [0.05, 0.1) is 18.8 Å². The topological polar surface area (TPSA) is 60.3 Å². The highest BCUT2D eigenvalue weighted by molar-refractivity contribution is 5.93. The summed E-state index contributed by atoms with van der Waals surface area (Å²) in [7, 11) is 0. The van der Waals surface area contributed by atoms with Crippen LogP contribution in [0.5, 0.6) is 0 Å². The van der Waals surface area contributed by atoms with Gasteiger partial charge in [0, 0.05) is 13.1 Å². The van der Waals surface area contributed by atoms with Crippen molar-refractivity contribution >= 4 is 5.91 Å². The van der Waals surface area contributed by atoms with Gasteiger partial charge >= 0.3 is 0 Å². The Balaban J connectivity index is 1.36. The SMILES string of the molecule is O=C(c1nnn2c1COC(c1ccccc1)C2)N1CCc2ccccc2C1. The molecule has 0 bridgehead atoms. The van der Waals surface area contributed by atoms with Gasteiger partial charge in [0.2, 0.25) is 0 Å². The third-order valence-electron chi connectivity index (χ3n) is 5.39. The molecular formula is C21H20N4O2. The number of carbonyl (C=O) groups is 1. The van der Waals surface area contributed by atoms with Crippen LogP contribution in [0.25, 0.3) is 0 Å². The second-order valence-corrected chi connectivity index (χ2v) is 7.02. The number of ether oxygens (including phenoxy) is 1. The van der Waals surface area contributed by atoms with Gasteiger partial charge in [-0.2, -0.15) is 0 Å². The summed E-state index contributed by atoms with van der Waals surface area (Å²) in [6.07, 6.45) is 0.808. The molecule has 1 amide bonds. The van der Waals surface area contributed by atoms with E-state index in [1.165, 1.54) is 11.1 Å². The minimum Gasteiger partial charge on any atom is -0.365 e. The molecule has 6 nitrogen and oxygen atoms in total. The molecule has 0 saturated carbocycles. The molecule has 0 N–H and O–H groups in total. The van der Waals surface area contributed by atoms with E-state index in [2.05, 4.69) is 22.4 Å². The van der Waals surface area contributed by atoms with E-state index in [1.807, 2.05) is 52.0 Å². The van der Waals surface area contributed by atoms with Crippen LogP contribution in [0.2, 0.25) is 0 Å². The average molecular weight is 360 g/mol. The Kier molecular flexibility index (Phi) is 3.98. The summed E-state index contributed by atoms with van der Waals surface area (Å²) < 4.78 is 7.82. The van der Waals surface area contributed by atoms with Crippen molar-refractivity contribution in [2.24, 2.45) is 0 Å². The molecule has 1 unspecified atom stereocenters. The Labute approximate surface area is 157 Å². The van der Waals surface area contributed by atoms with Gasteiger partial charge < -0.3 is 9.64 Å². The van der Waals surface area contributed by atoms with Crippen molar-refractivity contribution in [3.05, 3.63) is 82.7 Å². The van der Waals surface area contributed by atoms with Crippen molar-refractivity contribution in [1.29, 1.82) is 0 Å². The Hall–Kier alpha value is -2.99. The van der Waals surface area contributed by atoms with Gasteiger partial charge in [0.15, 0.2) is 5.69 Å². The third-order valence-corrected chi connectivity index (χ3v) is 5.39. The van der Waals surface area contributed by atoms with Crippen LogP contribution in [0.4, 0.5) is 0 Å². The fourth-order valence-electron chi connectivity index (χ4n) is 3.87. The summed E-state index contributed by atoms with van der Waals surface area (Å²) in [6, 6.07) is 18.4. The predicted octanol–water partition coefficient (Wildman–Crippen LogP) is 2.75. The zero-order valence-corrected chi connectivity index (χ0v) is 14.9. The Morgan fingerprint density at radius 2 is 1.81 bits per heavy atom. The fourth-order valence-corrected chi connectivity index (χ4v) is 3.87. The van der Waals surface area contributed by atoms with E-state index in [-0.39, 0.29) is 12.0 Å². The summed E-state index contributed by atoms with van der Waals surface area (Å²) in [4.78, 5) is 14.9. The lowest BCUT2D eigenvalue weighted by Crippen LogP contribution is -2.37. The molecule has 0 spiro atoms. The summed E-state index contributed by atoms with van der Waals surface area (Å²) in [5.41, 5.74) is 4.82. The van der Waals surface area contributed by atoms with Crippen LogP contribution in [-0.2, 0) is 30.9 Å². The maximum atomic E-state index is 13.0. The molecule has 0 aliphatic carbocycles. The molecule has 5 rings (SSSR count). The number of benzene rings is 2. The number of hydrogen-bond acceptors (Lipinski definition) is 4. The van der Waals surface area contributed by atoms with Crippen molar-refractivity contribution in [3.8, 4) is 0 Å². The van der Waals surface area contributed by atoms with Gasteiger partial charge in [0.1, 0.15) is 6.10 Å². The largest absolute Gasteiger partial charge is 0.365 e. The monoisotopic (exact) mass is 360 g/mol. The molecule has 3 heterocycles. The van der Waals surface area contributed by atoms with E-state index in [4.69, 9.17) is 4.74 Å². The first kappa shape index (κ1) is 16.2. The maximum Gasteiger partial charge on any atom is 0.276 e. The number of amides is 1. The first-order valence-electron chi connectivity index (χ1n) is 9.24. The Morgan fingerprint density at radius 1 is 1.04 bits per heavy atom. The molecule has 0 radical (unpaired) electrons. The van der Waals surface area contributed by atoms with E-state index in [1.54, 1.807) is 0 Å². The Morgan fingerprint density at radius 3 is 2.67 bits per heavy atom. The van der Waals surface area contributed by atoms with Gasteiger partial charge in [-0.05, 0) is 23.1 Å². The summed E-state index contributed by atoms with van der Waals surface area (Å²) in [6.45, 7) is 2.24. The molecule has 136 valence electrons. The van der Waals surface area contributed by atoms with Crippen LogP contribution in [-0.4, -0.2) is 32.3 Å². The standard InChI is InChI=1S/C21H20N4O2/c26-21(24-11-10-15-6-4-5-9-17(15)12-24)20-18-14-27-19(13-25(18)23-22-20)16-7-2-1-3-8-16/h1-9,19H,10-14H2. The average Bonchev–Trinajstić information content (AvgIpc) is 3.16. The molecule has 6 heteroatoms. The van der Waals surface area contributed by atoms with Crippen LogP contribution in [0.15, 0.2) is 54.6 Å². The molecule has 0 fully saturated rings. The highest BCUT2D eigenvalue weighted by Gasteiger charge is 2.31. The van der Waals surface area contributed by atoms with E-state index in [0.717, 1.165) is 17.7 Å². The molecule has 2 aliphatic heterocycles. The first-order chi connectivity index (χ1) is 13.3. The number of hydrogen-bond donors (Lipinski definition) is 0. The molecule has 0 saturated heterocycles. The molecule has 2 aromatic carbocycles. The van der Waals surface area contributed by atoms with Crippen molar-refractivity contribution in [2.75, 3.05) is 6.54 Å². The minimum atomic E-state index is -0.0646. The number of fused-ring (bicyclic) bond motifs is 2. The van der Waals surface area contributed by atoms with Gasteiger partial charge in [-0.3, -0.25) is 4.79 Å². The summed E-state index contributed by atoms with van der Waals surface area (Å²) in [5, 5.41) is 8.43. The van der Waals surface area contributed by atoms with Crippen LogP contribution in [0.3, 0.4) is 0 Å². The van der Waals surface area contributed by atoms with Crippen molar-refractivity contribution in [2.45, 2.75) is 32.2 Å². The molecule has 2 aliphatic rings. The lowest BCUT2D eigenvalue weighted by molar-refractivity contribution is -0.00197. The highest BCUT2D eigenvalue weighted by atomic mass is 16.5. The predicted molar refractivity (Wildman–Crippen MR) is 98.9 cm³/mol. The van der Waals surface area contributed by atoms with E-state index >= 15 is 0 Å². The van der Waals surface area contributed by atoms with Crippen LogP contribution >= 0.6 is 0 Å². The van der Waals surface area contributed by atoms with E-state index in [0.29, 0.717) is 31.9 Å². The third kappa shape index (κ3) is 2.92. The smallest absolute Gasteiger partial charge is 0.276 e. The second kappa shape index (κ2) is 6.63. The minimum absolute atomic E-state index is 0.0625. The number of nitrogens with zero attached hydrogens (tertiary/aromatic N) is 4. The molecule has 1 atom stereocenters. The van der Waals surface area contributed by atoms with E-state index in [9.17, 15) is 4.79 Å². The lowest BCUT2D eigenvalue weighted by Gasteiger charge is -2.29. The Bertz CT molecular complexity index is 983. The highest BCUT2D eigenvalue weighted by Crippen LogP contribution is 2.28.